The normalized spacial score (nSPS) is 15.2. The van der Waals surface area contributed by atoms with E-state index in [1.165, 1.54) is 0 Å². The minimum Gasteiger partial charge on any atom is -0.462 e. The van der Waals surface area contributed by atoms with Gasteiger partial charge in [-0.1, -0.05) is 0 Å². The fraction of sp³-hybridized carbons (Fsp3) is 0.389. The summed E-state index contributed by atoms with van der Waals surface area (Å²) in [7, 11) is 2.02. The maximum absolute atomic E-state index is 11.7. The van der Waals surface area contributed by atoms with Gasteiger partial charge < -0.3 is 26.4 Å². The summed E-state index contributed by atoms with van der Waals surface area (Å²) in [4.78, 5) is 22.1. The largest absolute Gasteiger partial charge is 0.462 e. The zero-order valence-corrected chi connectivity index (χ0v) is 15.0. The molecule has 1 aromatic heterocycles. The fourth-order valence-corrected chi connectivity index (χ4v) is 3.16. The highest BCUT2D eigenvalue weighted by molar-refractivity contribution is 5.89. The zero-order valence-electron chi connectivity index (χ0n) is 15.0. The fourth-order valence-electron chi connectivity index (χ4n) is 3.16. The van der Waals surface area contributed by atoms with E-state index in [1.54, 1.807) is 19.1 Å². The Kier molecular flexibility index (Phi) is 5.11. The van der Waals surface area contributed by atoms with E-state index >= 15 is 0 Å². The second kappa shape index (κ2) is 7.47. The third kappa shape index (κ3) is 3.63. The number of hydrogen-bond acceptors (Lipinski definition) is 8. The number of nitrogens with one attached hydrogen (secondary N) is 1. The van der Waals surface area contributed by atoms with E-state index < -0.39 is 0 Å². The monoisotopic (exact) mass is 356 g/mol. The van der Waals surface area contributed by atoms with Crippen molar-refractivity contribution < 1.29 is 9.53 Å². The molecule has 2 aromatic rings. The number of fused-ring (bicyclic) bond motifs is 1. The molecule has 0 spiro atoms. The molecule has 0 amide bonds. The molecule has 0 radical (unpaired) electrons. The molecule has 2 heterocycles. The van der Waals surface area contributed by atoms with E-state index in [9.17, 15) is 4.79 Å². The molecule has 0 fully saturated rings. The lowest BCUT2D eigenvalue weighted by molar-refractivity contribution is 0.0526. The van der Waals surface area contributed by atoms with Crippen molar-refractivity contribution in [1.82, 2.24) is 9.97 Å². The number of carbonyl (C=O) groups excluding carboxylic acids is 1. The van der Waals surface area contributed by atoms with Crippen LogP contribution in [0.15, 0.2) is 24.3 Å². The van der Waals surface area contributed by atoms with Crippen molar-refractivity contribution in [3.8, 4) is 0 Å². The summed E-state index contributed by atoms with van der Waals surface area (Å²) >= 11 is 0. The van der Waals surface area contributed by atoms with E-state index in [0.29, 0.717) is 18.0 Å². The highest BCUT2D eigenvalue weighted by atomic mass is 16.5. The lowest BCUT2D eigenvalue weighted by Gasteiger charge is -2.21. The van der Waals surface area contributed by atoms with Crippen LogP contribution < -0.4 is 21.7 Å². The van der Waals surface area contributed by atoms with Gasteiger partial charge in [-0.15, -0.1) is 0 Å². The van der Waals surface area contributed by atoms with Crippen LogP contribution in [0.3, 0.4) is 0 Å². The Labute approximate surface area is 152 Å². The lowest BCUT2D eigenvalue weighted by Crippen LogP contribution is -2.21. The van der Waals surface area contributed by atoms with Crippen LogP contribution in [0.1, 0.15) is 35.2 Å². The Hall–Kier alpha value is -3.03. The molecule has 0 bridgehead atoms. The van der Waals surface area contributed by atoms with Crippen molar-refractivity contribution in [3.63, 3.8) is 0 Å². The van der Waals surface area contributed by atoms with Gasteiger partial charge in [-0.25, -0.2) is 4.79 Å². The van der Waals surface area contributed by atoms with Crippen molar-refractivity contribution in [2.45, 2.75) is 19.3 Å². The molecule has 8 heteroatoms. The van der Waals surface area contributed by atoms with Gasteiger partial charge >= 0.3 is 5.97 Å². The second-order valence-corrected chi connectivity index (χ2v) is 6.28. The Morgan fingerprint density at radius 3 is 2.73 bits per heavy atom. The summed E-state index contributed by atoms with van der Waals surface area (Å²) in [5.74, 6) is 1.32. The van der Waals surface area contributed by atoms with Gasteiger partial charge in [0.15, 0.2) is 0 Å². The first kappa shape index (κ1) is 17.8. The number of benzene rings is 1. The smallest absolute Gasteiger partial charge is 0.338 e. The van der Waals surface area contributed by atoms with Crippen LogP contribution in [-0.2, 0) is 4.74 Å². The van der Waals surface area contributed by atoms with Gasteiger partial charge in [0, 0.05) is 37.3 Å². The van der Waals surface area contributed by atoms with Crippen LogP contribution in [0.25, 0.3) is 0 Å². The van der Waals surface area contributed by atoms with Crippen LogP contribution in [0.5, 0.6) is 0 Å². The van der Waals surface area contributed by atoms with Gasteiger partial charge in [0.1, 0.15) is 11.6 Å². The SMILES string of the molecule is CCOC(=O)c1ccc(N(C)CCC2CNc3nc(N)nc(N)c32)cc1. The average molecular weight is 356 g/mol. The molecule has 1 aromatic carbocycles. The number of aromatic nitrogens is 2. The van der Waals surface area contributed by atoms with Gasteiger partial charge in [0.25, 0.3) is 0 Å². The van der Waals surface area contributed by atoms with Crippen molar-refractivity contribution >= 4 is 29.2 Å². The molecular formula is C18H24N6O2. The molecule has 0 aliphatic carbocycles. The predicted octanol–water partition coefficient (Wildman–Crippen LogP) is 1.85. The number of ether oxygens (including phenoxy) is 1. The molecule has 1 unspecified atom stereocenters. The summed E-state index contributed by atoms with van der Waals surface area (Å²) in [5, 5.41) is 3.25. The number of nitrogens with two attached hydrogens (primary N) is 2. The molecule has 3 rings (SSSR count). The van der Waals surface area contributed by atoms with Gasteiger partial charge in [-0.05, 0) is 37.6 Å². The van der Waals surface area contributed by atoms with E-state index in [2.05, 4.69) is 20.2 Å². The summed E-state index contributed by atoms with van der Waals surface area (Å²) in [6.45, 7) is 3.76. The standard InChI is InChI=1S/C18H24N6O2/c1-3-26-17(25)11-4-6-13(7-5-11)24(2)9-8-12-10-21-16-14(12)15(19)22-18(20)23-16/h4-7,12H,3,8-10H2,1-2H3,(H5,19,20,21,22,23). The van der Waals surface area contributed by atoms with Gasteiger partial charge in [0.2, 0.25) is 5.95 Å². The van der Waals surface area contributed by atoms with Crippen molar-refractivity contribution in [1.29, 1.82) is 0 Å². The number of anilines is 4. The average Bonchev–Trinajstić information content (AvgIpc) is 3.03. The molecular weight excluding hydrogens is 332 g/mol. The molecule has 26 heavy (non-hydrogen) atoms. The molecule has 0 saturated carbocycles. The number of esters is 1. The minimum absolute atomic E-state index is 0.188. The molecule has 1 aliphatic heterocycles. The first-order valence-corrected chi connectivity index (χ1v) is 8.64. The highest BCUT2D eigenvalue weighted by Crippen LogP contribution is 2.36. The first-order valence-electron chi connectivity index (χ1n) is 8.64. The second-order valence-electron chi connectivity index (χ2n) is 6.28. The molecule has 5 N–H and O–H groups in total. The van der Waals surface area contributed by atoms with Crippen LogP contribution in [0.2, 0.25) is 0 Å². The predicted molar refractivity (Wildman–Crippen MR) is 102 cm³/mol. The van der Waals surface area contributed by atoms with E-state index in [4.69, 9.17) is 16.2 Å². The molecule has 138 valence electrons. The van der Waals surface area contributed by atoms with Crippen molar-refractivity contribution in [2.75, 3.05) is 48.4 Å². The third-order valence-corrected chi connectivity index (χ3v) is 4.55. The summed E-state index contributed by atoms with van der Waals surface area (Å²) in [6, 6.07) is 7.41. The Morgan fingerprint density at radius 2 is 2.04 bits per heavy atom. The number of rotatable bonds is 6. The third-order valence-electron chi connectivity index (χ3n) is 4.55. The Bertz CT molecular complexity index is 793. The molecule has 8 nitrogen and oxygen atoms in total. The first-order chi connectivity index (χ1) is 12.5. The molecule has 1 atom stereocenters. The number of carbonyl (C=O) groups is 1. The minimum atomic E-state index is -0.301. The Balaban J connectivity index is 1.62. The highest BCUT2D eigenvalue weighted by Gasteiger charge is 2.27. The molecule has 0 saturated heterocycles. The Morgan fingerprint density at radius 1 is 1.31 bits per heavy atom. The maximum Gasteiger partial charge on any atom is 0.338 e. The molecule has 1 aliphatic rings. The lowest BCUT2D eigenvalue weighted by atomic mass is 9.99. The van der Waals surface area contributed by atoms with Crippen LogP contribution in [-0.4, -0.2) is 42.7 Å². The quantitative estimate of drug-likeness (QED) is 0.671. The number of nitrogen functional groups attached to an aromatic ring is 2. The van der Waals surface area contributed by atoms with Crippen LogP contribution in [0.4, 0.5) is 23.3 Å². The van der Waals surface area contributed by atoms with Gasteiger partial charge in [0.05, 0.1) is 12.2 Å². The van der Waals surface area contributed by atoms with Crippen LogP contribution in [0, 0.1) is 0 Å². The van der Waals surface area contributed by atoms with E-state index in [0.717, 1.165) is 36.6 Å². The topological polar surface area (TPSA) is 119 Å². The summed E-state index contributed by atoms with van der Waals surface area (Å²) in [5.41, 5.74) is 14.2. The van der Waals surface area contributed by atoms with Gasteiger partial charge in [-0.3, -0.25) is 0 Å². The van der Waals surface area contributed by atoms with Crippen molar-refractivity contribution in [2.24, 2.45) is 0 Å². The van der Waals surface area contributed by atoms with Crippen molar-refractivity contribution in [3.05, 3.63) is 35.4 Å². The number of nitrogens with zero attached hydrogens (tertiary/aromatic N) is 3. The number of hydrogen-bond donors (Lipinski definition) is 3. The maximum atomic E-state index is 11.7. The van der Waals surface area contributed by atoms with E-state index in [1.807, 2.05) is 19.2 Å². The van der Waals surface area contributed by atoms with E-state index in [-0.39, 0.29) is 17.8 Å². The van der Waals surface area contributed by atoms with Gasteiger partial charge in [-0.2, -0.15) is 9.97 Å². The summed E-state index contributed by atoms with van der Waals surface area (Å²) < 4.78 is 5.00. The van der Waals surface area contributed by atoms with Crippen LogP contribution >= 0.6 is 0 Å². The zero-order chi connectivity index (χ0) is 18.7. The summed E-state index contributed by atoms with van der Waals surface area (Å²) in [6.07, 6.45) is 0.896.